The molecule has 1 unspecified atom stereocenters. The Kier molecular flexibility index (Phi) is 49.5. The number of carbonyl (C=O) groups is 2. The molecular formula is C57H96O5. The summed E-state index contributed by atoms with van der Waals surface area (Å²) in [6.07, 6.45) is 69.8. The first-order valence-electron chi connectivity index (χ1n) is 25.8. The van der Waals surface area contributed by atoms with E-state index in [2.05, 4.69) is 118 Å². The molecule has 62 heavy (non-hydrogen) atoms. The molecule has 0 N–H and O–H groups in total. The van der Waals surface area contributed by atoms with Crippen LogP contribution in [0.1, 0.15) is 226 Å². The van der Waals surface area contributed by atoms with Gasteiger partial charge in [-0.2, -0.15) is 0 Å². The number of hydrogen-bond acceptors (Lipinski definition) is 5. The Labute approximate surface area is 383 Å². The number of ether oxygens (including phenoxy) is 3. The van der Waals surface area contributed by atoms with E-state index >= 15 is 0 Å². The average molecular weight is 861 g/mol. The van der Waals surface area contributed by atoms with Crippen molar-refractivity contribution in [3.63, 3.8) is 0 Å². The molecule has 0 heterocycles. The summed E-state index contributed by atoms with van der Waals surface area (Å²) >= 11 is 0. The number of unbranched alkanes of at least 4 members (excludes halogenated alkanes) is 19. The molecule has 0 saturated heterocycles. The third-order valence-electron chi connectivity index (χ3n) is 10.6. The first-order chi connectivity index (χ1) is 30.6. The standard InChI is InChI=1S/C57H96O5/c1-4-7-10-13-16-19-22-25-27-29-30-33-35-38-41-44-47-50-56(58)61-54-55(62-57(59)51-48-45-42-39-36-32-24-21-18-15-12-9-6-3)53-60-52-49-46-43-40-37-34-31-28-26-23-20-17-14-11-8-5-2/h7-8,10-12,15-17,19-21,24-28,55H,4-6,9,13-14,18,22-23,29-54H2,1-3H3/b10-7-,11-8-,15-12-,19-16-,20-17-,24-21-,27-25-,28-26-. The Bertz CT molecular complexity index is 1200. The van der Waals surface area contributed by atoms with E-state index in [-0.39, 0.29) is 25.2 Å². The number of allylic oxidation sites excluding steroid dienone is 16. The van der Waals surface area contributed by atoms with E-state index in [9.17, 15) is 9.59 Å². The average Bonchev–Trinajstić information content (AvgIpc) is 3.27. The third-order valence-corrected chi connectivity index (χ3v) is 10.6. The summed E-state index contributed by atoms with van der Waals surface area (Å²) in [6.45, 7) is 7.49. The van der Waals surface area contributed by atoms with Crippen molar-refractivity contribution in [2.45, 2.75) is 232 Å². The monoisotopic (exact) mass is 861 g/mol. The molecule has 0 aromatic heterocycles. The van der Waals surface area contributed by atoms with Crippen LogP contribution in [0, 0.1) is 0 Å². The summed E-state index contributed by atoms with van der Waals surface area (Å²) in [6, 6.07) is 0. The topological polar surface area (TPSA) is 61.8 Å². The minimum Gasteiger partial charge on any atom is -0.462 e. The third kappa shape index (κ3) is 49.5. The van der Waals surface area contributed by atoms with Gasteiger partial charge in [0, 0.05) is 19.4 Å². The van der Waals surface area contributed by atoms with Gasteiger partial charge in [-0.05, 0) is 109 Å². The van der Waals surface area contributed by atoms with Gasteiger partial charge in [-0.15, -0.1) is 0 Å². The SMILES string of the molecule is CC/C=C\C/C=C\C/C=C\CCCCCCCCCC(=O)OCC(COCCCCCCCC/C=C\C/C=C\C/C=C\CC)OC(=O)CCCCCCC/C=C\C/C=C\CCC. The lowest BCUT2D eigenvalue weighted by Gasteiger charge is -2.18. The molecule has 354 valence electrons. The van der Waals surface area contributed by atoms with E-state index in [1.54, 1.807) is 0 Å². The summed E-state index contributed by atoms with van der Waals surface area (Å²) in [4.78, 5) is 25.4. The van der Waals surface area contributed by atoms with Gasteiger partial charge in [-0.3, -0.25) is 9.59 Å². The first-order valence-corrected chi connectivity index (χ1v) is 25.8. The van der Waals surface area contributed by atoms with Crippen LogP contribution in [-0.4, -0.2) is 37.9 Å². The van der Waals surface area contributed by atoms with Gasteiger partial charge in [-0.25, -0.2) is 0 Å². The van der Waals surface area contributed by atoms with Crippen LogP contribution in [0.2, 0.25) is 0 Å². The highest BCUT2D eigenvalue weighted by molar-refractivity contribution is 5.70. The molecule has 0 aromatic carbocycles. The van der Waals surface area contributed by atoms with Crippen molar-refractivity contribution in [1.82, 2.24) is 0 Å². The molecule has 5 nitrogen and oxygen atoms in total. The van der Waals surface area contributed by atoms with Crippen LogP contribution in [-0.2, 0) is 23.8 Å². The molecule has 0 aliphatic carbocycles. The van der Waals surface area contributed by atoms with Gasteiger partial charge in [0.2, 0.25) is 0 Å². The molecule has 0 fully saturated rings. The molecule has 0 aliphatic rings. The zero-order valence-corrected chi connectivity index (χ0v) is 40.6. The van der Waals surface area contributed by atoms with E-state index in [0.717, 1.165) is 122 Å². The van der Waals surface area contributed by atoms with Crippen LogP contribution in [0.15, 0.2) is 97.2 Å². The Balaban J connectivity index is 4.33. The second-order valence-corrected chi connectivity index (χ2v) is 16.7. The fourth-order valence-corrected chi connectivity index (χ4v) is 6.81. The summed E-state index contributed by atoms with van der Waals surface area (Å²) in [5, 5.41) is 0. The zero-order chi connectivity index (χ0) is 44.9. The lowest BCUT2D eigenvalue weighted by atomic mass is 10.1. The van der Waals surface area contributed by atoms with Crippen molar-refractivity contribution in [1.29, 1.82) is 0 Å². The lowest BCUT2D eigenvalue weighted by molar-refractivity contribution is -0.163. The number of rotatable bonds is 46. The van der Waals surface area contributed by atoms with Crippen LogP contribution in [0.25, 0.3) is 0 Å². The Morgan fingerprint density at radius 3 is 1.16 bits per heavy atom. The van der Waals surface area contributed by atoms with Crippen molar-refractivity contribution in [3.05, 3.63) is 97.2 Å². The maximum absolute atomic E-state index is 12.8. The van der Waals surface area contributed by atoms with Gasteiger partial charge in [0.15, 0.2) is 6.10 Å². The second kappa shape index (κ2) is 52.2. The van der Waals surface area contributed by atoms with Crippen molar-refractivity contribution in [2.75, 3.05) is 19.8 Å². The van der Waals surface area contributed by atoms with Crippen molar-refractivity contribution in [3.8, 4) is 0 Å². The Hall–Kier alpha value is -3.18. The summed E-state index contributed by atoms with van der Waals surface area (Å²) < 4.78 is 17.4. The van der Waals surface area contributed by atoms with Crippen molar-refractivity contribution < 1.29 is 23.8 Å². The van der Waals surface area contributed by atoms with Gasteiger partial charge in [0.05, 0.1) is 6.61 Å². The number of esters is 2. The highest BCUT2D eigenvalue weighted by Gasteiger charge is 2.17. The molecule has 0 saturated carbocycles. The molecule has 0 aliphatic heterocycles. The van der Waals surface area contributed by atoms with Gasteiger partial charge in [0.25, 0.3) is 0 Å². The molecule has 0 amide bonds. The largest absolute Gasteiger partial charge is 0.462 e. The van der Waals surface area contributed by atoms with Gasteiger partial charge in [-0.1, -0.05) is 201 Å². The molecule has 1 atom stereocenters. The predicted molar refractivity (Wildman–Crippen MR) is 270 cm³/mol. The van der Waals surface area contributed by atoms with Crippen LogP contribution in [0.3, 0.4) is 0 Å². The van der Waals surface area contributed by atoms with E-state index < -0.39 is 6.10 Å². The Morgan fingerprint density at radius 2 is 0.726 bits per heavy atom. The predicted octanol–water partition coefficient (Wildman–Crippen LogP) is 17.5. The van der Waals surface area contributed by atoms with Crippen molar-refractivity contribution >= 4 is 11.9 Å². The van der Waals surface area contributed by atoms with Crippen LogP contribution >= 0.6 is 0 Å². The quantitative estimate of drug-likeness (QED) is 0.0347. The number of hydrogen-bond donors (Lipinski definition) is 0. The molecule has 0 radical (unpaired) electrons. The number of carbonyl (C=O) groups excluding carboxylic acids is 2. The molecular weight excluding hydrogens is 765 g/mol. The molecule has 0 aromatic rings. The first kappa shape index (κ1) is 58.8. The summed E-state index contributed by atoms with van der Waals surface area (Å²) in [5.74, 6) is -0.435. The second-order valence-electron chi connectivity index (χ2n) is 16.7. The van der Waals surface area contributed by atoms with E-state index in [1.165, 1.54) is 70.6 Å². The van der Waals surface area contributed by atoms with Crippen molar-refractivity contribution in [2.24, 2.45) is 0 Å². The lowest BCUT2D eigenvalue weighted by Crippen LogP contribution is -2.30. The minimum atomic E-state index is -0.559. The maximum atomic E-state index is 12.8. The molecule has 0 spiro atoms. The molecule has 0 rings (SSSR count). The van der Waals surface area contributed by atoms with Crippen LogP contribution in [0.4, 0.5) is 0 Å². The van der Waals surface area contributed by atoms with Crippen LogP contribution in [0.5, 0.6) is 0 Å². The van der Waals surface area contributed by atoms with E-state index in [0.29, 0.717) is 19.4 Å². The highest BCUT2D eigenvalue weighted by Crippen LogP contribution is 2.13. The minimum absolute atomic E-state index is 0.0640. The van der Waals surface area contributed by atoms with Gasteiger partial charge < -0.3 is 14.2 Å². The normalized spacial score (nSPS) is 13.0. The highest BCUT2D eigenvalue weighted by atomic mass is 16.6. The van der Waals surface area contributed by atoms with Gasteiger partial charge in [0.1, 0.15) is 6.61 Å². The van der Waals surface area contributed by atoms with E-state index in [1.807, 2.05) is 0 Å². The molecule has 5 heteroatoms. The van der Waals surface area contributed by atoms with E-state index in [4.69, 9.17) is 14.2 Å². The van der Waals surface area contributed by atoms with Gasteiger partial charge >= 0.3 is 11.9 Å². The fourth-order valence-electron chi connectivity index (χ4n) is 6.81. The Morgan fingerprint density at radius 1 is 0.371 bits per heavy atom. The smallest absolute Gasteiger partial charge is 0.306 e. The maximum Gasteiger partial charge on any atom is 0.306 e. The summed E-state index contributed by atoms with van der Waals surface area (Å²) in [5.41, 5.74) is 0. The van der Waals surface area contributed by atoms with Crippen LogP contribution < -0.4 is 0 Å². The fraction of sp³-hybridized carbons (Fsp3) is 0.684. The zero-order valence-electron chi connectivity index (χ0n) is 40.6. The molecule has 0 bridgehead atoms. The summed E-state index contributed by atoms with van der Waals surface area (Å²) in [7, 11) is 0.